The van der Waals surface area contributed by atoms with Gasteiger partial charge in [-0.25, -0.2) is 4.79 Å². The molecule has 0 saturated heterocycles. The molecular weight excluding hydrogens is 328 g/mol. The third-order valence-corrected chi connectivity index (χ3v) is 5.07. The summed E-state index contributed by atoms with van der Waals surface area (Å²) in [5.41, 5.74) is 3.03. The first kappa shape index (κ1) is 18.4. The van der Waals surface area contributed by atoms with Gasteiger partial charge in [0.15, 0.2) is 6.61 Å². The maximum absolute atomic E-state index is 12.8. The Morgan fingerprint density at radius 3 is 2.69 bits per heavy atom. The van der Waals surface area contributed by atoms with Gasteiger partial charge in [0.25, 0.3) is 5.91 Å². The summed E-state index contributed by atoms with van der Waals surface area (Å²) in [5.74, 6) is -0.719. The summed E-state index contributed by atoms with van der Waals surface area (Å²) in [4.78, 5) is 29.7. The number of esters is 1. The van der Waals surface area contributed by atoms with E-state index in [9.17, 15) is 9.59 Å². The second-order valence-electron chi connectivity index (χ2n) is 7.50. The third kappa shape index (κ3) is 3.87. The Balaban J connectivity index is 1.85. The van der Waals surface area contributed by atoms with Crippen LogP contribution in [0.1, 0.15) is 61.6 Å². The van der Waals surface area contributed by atoms with Gasteiger partial charge in [-0.1, -0.05) is 25.1 Å². The zero-order chi connectivity index (χ0) is 18.7. The molecule has 1 amide bonds. The van der Waals surface area contributed by atoms with Crippen LogP contribution in [-0.2, 0) is 22.4 Å². The number of ether oxygens (including phenoxy) is 1. The Labute approximate surface area is 154 Å². The smallest absolute Gasteiger partial charge is 0.339 e. The van der Waals surface area contributed by atoms with E-state index < -0.39 is 5.97 Å². The van der Waals surface area contributed by atoms with E-state index in [1.165, 1.54) is 0 Å². The number of amides is 1. The Hall–Kier alpha value is -2.43. The van der Waals surface area contributed by atoms with Gasteiger partial charge in [0, 0.05) is 16.6 Å². The highest BCUT2D eigenvalue weighted by Crippen LogP contribution is 2.29. The van der Waals surface area contributed by atoms with Crippen molar-refractivity contribution in [1.82, 2.24) is 10.3 Å². The van der Waals surface area contributed by atoms with E-state index in [1.54, 1.807) is 0 Å². The largest absolute Gasteiger partial charge is 0.452 e. The lowest BCUT2D eigenvalue weighted by atomic mass is 9.90. The van der Waals surface area contributed by atoms with Crippen molar-refractivity contribution < 1.29 is 14.3 Å². The lowest BCUT2D eigenvalue weighted by Crippen LogP contribution is -2.44. The topological polar surface area (TPSA) is 68.3 Å². The van der Waals surface area contributed by atoms with Crippen molar-refractivity contribution in [3.8, 4) is 0 Å². The number of nitrogens with one attached hydrogen (secondary N) is 1. The molecule has 0 unspecified atom stereocenters. The lowest BCUT2D eigenvalue weighted by molar-refractivity contribution is -0.125. The Kier molecular flexibility index (Phi) is 5.25. The number of carbonyl (C=O) groups excluding carboxylic acids is 2. The van der Waals surface area contributed by atoms with E-state index in [0.29, 0.717) is 5.56 Å². The van der Waals surface area contributed by atoms with Crippen LogP contribution in [-0.4, -0.2) is 29.0 Å². The van der Waals surface area contributed by atoms with E-state index in [4.69, 9.17) is 9.72 Å². The molecule has 1 aromatic carbocycles. The molecule has 3 rings (SSSR count). The molecule has 5 nitrogen and oxygen atoms in total. The summed E-state index contributed by atoms with van der Waals surface area (Å²) in [7, 11) is 0. The molecule has 1 aliphatic rings. The monoisotopic (exact) mass is 354 g/mol. The average Bonchev–Trinajstić information content (AvgIpc) is 2.63. The summed E-state index contributed by atoms with van der Waals surface area (Å²) < 4.78 is 5.38. The molecular formula is C21H26N2O3. The molecule has 26 heavy (non-hydrogen) atoms. The van der Waals surface area contributed by atoms with Crippen molar-refractivity contribution >= 4 is 22.8 Å². The van der Waals surface area contributed by atoms with Crippen LogP contribution in [0.15, 0.2) is 24.3 Å². The molecule has 1 N–H and O–H groups in total. The average molecular weight is 354 g/mol. The summed E-state index contributed by atoms with van der Waals surface area (Å²) in [6.45, 7) is 5.62. The normalized spacial score (nSPS) is 14.0. The first-order valence-electron chi connectivity index (χ1n) is 9.30. The fourth-order valence-corrected chi connectivity index (χ4v) is 3.31. The maximum Gasteiger partial charge on any atom is 0.339 e. The van der Waals surface area contributed by atoms with Crippen molar-refractivity contribution in [2.75, 3.05) is 6.61 Å². The van der Waals surface area contributed by atoms with Crippen LogP contribution in [0.5, 0.6) is 0 Å². The quantitative estimate of drug-likeness (QED) is 0.834. The van der Waals surface area contributed by atoms with E-state index in [1.807, 2.05) is 45.0 Å². The van der Waals surface area contributed by atoms with Gasteiger partial charge in [-0.05, 0) is 57.6 Å². The fourth-order valence-electron chi connectivity index (χ4n) is 3.31. The molecule has 5 heteroatoms. The van der Waals surface area contributed by atoms with Crippen molar-refractivity contribution in [2.45, 2.75) is 58.4 Å². The number of aryl methyl sites for hydroxylation is 1. The number of aromatic nitrogens is 1. The summed E-state index contributed by atoms with van der Waals surface area (Å²) in [6, 6.07) is 7.62. The molecule has 0 fully saturated rings. The number of rotatable bonds is 5. The van der Waals surface area contributed by atoms with Crippen LogP contribution in [0.25, 0.3) is 10.9 Å². The highest BCUT2D eigenvalue weighted by Gasteiger charge is 2.25. The van der Waals surface area contributed by atoms with Crippen molar-refractivity contribution in [3.63, 3.8) is 0 Å². The number of carbonyl (C=O) groups is 2. The van der Waals surface area contributed by atoms with Crippen molar-refractivity contribution in [1.29, 1.82) is 0 Å². The van der Waals surface area contributed by atoms with Crippen LogP contribution >= 0.6 is 0 Å². The third-order valence-electron chi connectivity index (χ3n) is 5.07. The van der Waals surface area contributed by atoms with Gasteiger partial charge in [0.1, 0.15) is 0 Å². The molecule has 1 aliphatic carbocycles. The molecule has 0 spiro atoms. The minimum atomic E-state index is -0.439. The van der Waals surface area contributed by atoms with Crippen LogP contribution < -0.4 is 5.32 Å². The van der Waals surface area contributed by atoms with Crippen LogP contribution in [0.4, 0.5) is 0 Å². The highest BCUT2D eigenvalue weighted by atomic mass is 16.5. The second-order valence-corrected chi connectivity index (χ2v) is 7.50. The SMILES string of the molecule is CCC(C)(C)NC(=O)COC(=O)c1c2c(nc3ccccc13)CCCC2. The predicted octanol–water partition coefficient (Wildman–Crippen LogP) is 3.58. The summed E-state index contributed by atoms with van der Waals surface area (Å²) in [5, 5.41) is 3.68. The molecule has 0 aliphatic heterocycles. The van der Waals surface area contributed by atoms with Crippen LogP contribution in [0.2, 0.25) is 0 Å². The fraction of sp³-hybridized carbons (Fsp3) is 0.476. The number of para-hydroxylation sites is 1. The van der Waals surface area contributed by atoms with Crippen molar-refractivity contribution in [2.24, 2.45) is 0 Å². The number of hydrogen-bond donors (Lipinski definition) is 1. The molecule has 0 saturated carbocycles. The maximum atomic E-state index is 12.8. The second kappa shape index (κ2) is 7.44. The Bertz CT molecular complexity index is 843. The van der Waals surface area contributed by atoms with E-state index in [0.717, 1.165) is 54.3 Å². The zero-order valence-electron chi connectivity index (χ0n) is 15.7. The number of pyridine rings is 1. The predicted molar refractivity (Wildman–Crippen MR) is 101 cm³/mol. The standard InChI is InChI=1S/C21H26N2O3/c1-4-21(2,3)23-18(24)13-26-20(25)19-14-9-5-7-11-16(14)22-17-12-8-6-10-15(17)19/h5,7,9,11H,4,6,8,10,12-13H2,1-3H3,(H,23,24). The zero-order valence-corrected chi connectivity index (χ0v) is 15.7. The Morgan fingerprint density at radius 2 is 1.92 bits per heavy atom. The van der Waals surface area contributed by atoms with Gasteiger partial charge in [0.2, 0.25) is 0 Å². The molecule has 0 atom stereocenters. The van der Waals surface area contributed by atoms with Gasteiger partial charge in [-0.15, -0.1) is 0 Å². The van der Waals surface area contributed by atoms with Gasteiger partial charge >= 0.3 is 5.97 Å². The minimum Gasteiger partial charge on any atom is -0.452 e. The summed E-state index contributed by atoms with van der Waals surface area (Å²) in [6.07, 6.45) is 4.63. The van der Waals surface area contributed by atoms with Gasteiger partial charge in [-0.3, -0.25) is 9.78 Å². The molecule has 1 heterocycles. The number of hydrogen-bond acceptors (Lipinski definition) is 4. The van der Waals surface area contributed by atoms with E-state index in [-0.39, 0.29) is 18.1 Å². The molecule has 0 bridgehead atoms. The van der Waals surface area contributed by atoms with E-state index >= 15 is 0 Å². The molecule has 2 aromatic rings. The molecule has 138 valence electrons. The van der Waals surface area contributed by atoms with Crippen LogP contribution in [0.3, 0.4) is 0 Å². The first-order valence-corrected chi connectivity index (χ1v) is 9.30. The van der Waals surface area contributed by atoms with Gasteiger partial charge < -0.3 is 10.1 Å². The molecule has 1 aromatic heterocycles. The van der Waals surface area contributed by atoms with Gasteiger partial charge in [-0.2, -0.15) is 0 Å². The Morgan fingerprint density at radius 1 is 1.19 bits per heavy atom. The van der Waals surface area contributed by atoms with Crippen molar-refractivity contribution in [3.05, 3.63) is 41.1 Å². The minimum absolute atomic E-state index is 0.270. The highest BCUT2D eigenvalue weighted by molar-refractivity contribution is 6.05. The van der Waals surface area contributed by atoms with Crippen LogP contribution in [0, 0.1) is 0 Å². The number of nitrogens with zero attached hydrogens (tertiary/aromatic N) is 1. The summed E-state index contributed by atoms with van der Waals surface area (Å²) >= 11 is 0. The number of benzene rings is 1. The lowest BCUT2D eigenvalue weighted by Gasteiger charge is -2.24. The first-order chi connectivity index (χ1) is 12.4. The molecule has 0 radical (unpaired) electrons. The van der Waals surface area contributed by atoms with Gasteiger partial charge in [0.05, 0.1) is 11.1 Å². The van der Waals surface area contributed by atoms with E-state index in [2.05, 4.69) is 5.32 Å². The number of fused-ring (bicyclic) bond motifs is 2.